The number of rotatable bonds is 3. The lowest BCUT2D eigenvalue weighted by atomic mass is 10.2. The predicted octanol–water partition coefficient (Wildman–Crippen LogP) is 2.09. The van der Waals surface area contributed by atoms with Gasteiger partial charge in [-0.3, -0.25) is 9.59 Å². The van der Waals surface area contributed by atoms with Crippen LogP contribution in [0.3, 0.4) is 0 Å². The van der Waals surface area contributed by atoms with Crippen molar-refractivity contribution < 1.29 is 14.7 Å². The van der Waals surface area contributed by atoms with E-state index in [9.17, 15) is 14.4 Å². The van der Waals surface area contributed by atoms with Crippen molar-refractivity contribution in [2.45, 2.75) is 0 Å². The van der Waals surface area contributed by atoms with Gasteiger partial charge in [0.05, 0.1) is 5.56 Å². The zero-order valence-corrected chi connectivity index (χ0v) is 11.6. The number of carboxylic acids is 1. The molecule has 7 heteroatoms. The quantitative estimate of drug-likeness (QED) is 0.798. The van der Waals surface area contributed by atoms with Crippen LogP contribution >= 0.6 is 15.9 Å². The fourth-order valence-corrected chi connectivity index (χ4v) is 2.07. The first-order chi connectivity index (χ1) is 9.47. The number of carbonyl (C=O) groups excluding carboxylic acids is 1. The predicted molar refractivity (Wildman–Crippen MR) is 76.1 cm³/mol. The Labute approximate surface area is 121 Å². The first-order valence-electron chi connectivity index (χ1n) is 5.50. The van der Waals surface area contributed by atoms with E-state index in [2.05, 4.69) is 26.2 Å². The minimum Gasteiger partial charge on any atom is -0.478 e. The van der Waals surface area contributed by atoms with E-state index in [0.717, 1.165) is 0 Å². The number of carbonyl (C=O) groups is 2. The van der Waals surface area contributed by atoms with E-state index in [1.54, 1.807) is 6.07 Å². The van der Waals surface area contributed by atoms with Crippen LogP contribution in [-0.2, 0) is 0 Å². The molecule has 1 aromatic carbocycles. The molecule has 2 rings (SSSR count). The summed E-state index contributed by atoms with van der Waals surface area (Å²) < 4.78 is 0.509. The molecule has 0 unspecified atom stereocenters. The molecule has 0 aliphatic carbocycles. The lowest BCUT2D eigenvalue weighted by Crippen LogP contribution is -2.21. The summed E-state index contributed by atoms with van der Waals surface area (Å²) in [4.78, 5) is 37.0. The third-order valence-corrected chi connectivity index (χ3v) is 2.93. The Kier molecular flexibility index (Phi) is 3.99. The van der Waals surface area contributed by atoms with E-state index in [0.29, 0.717) is 4.47 Å². The highest BCUT2D eigenvalue weighted by Gasteiger charge is 2.12. The van der Waals surface area contributed by atoms with Gasteiger partial charge < -0.3 is 15.4 Å². The second-order valence-corrected chi connectivity index (χ2v) is 4.83. The third-order valence-electron chi connectivity index (χ3n) is 2.47. The smallest absolute Gasteiger partial charge is 0.335 e. The fraction of sp³-hybridized carbons (Fsp3) is 0. The lowest BCUT2D eigenvalue weighted by molar-refractivity contribution is 0.0696. The maximum Gasteiger partial charge on any atom is 0.335 e. The second kappa shape index (κ2) is 5.70. The van der Waals surface area contributed by atoms with Gasteiger partial charge in [-0.1, -0.05) is 15.9 Å². The Morgan fingerprint density at radius 1 is 1.25 bits per heavy atom. The molecule has 2 aromatic rings. The summed E-state index contributed by atoms with van der Waals surface area (Å²) in [6.07, 6.45) is 2.70. The van der Waals surface area contributed by atoms with Crippen molar-refractivity contribution in [3.05, 3.63) is 62.5 Å². The summed E-state index contributed by atoms with van der Waals surface area (Å²) >= 11 is 3.16. The van der Waals surface area contributed by atoms with Crippen LogP contribution in [0.2, 0.25) is 0 Å². The second-order valence-electron chi connectivity index (χ2n) is 3.91. The number of pyridine rings is 1. The van der Waals surface area contributed by atoms with Crippen molar-refractivity contribution in [2.75, 3.05) is 5.32 Å². The highest BCUT2D eigenvalue weighted by atomic mass is 79.9. The molecule has 1 amide bonds. The van der Waals surface area contributed by atoms with E-state index >= 15 is 0 Å². The molecule has 102 valence electrons. The number of nitrogens with one attached hydrogen (secondary N) is 2. The van der Waals surface area contributed by atoms with E-state index in [4.69, 9.17) is 5.11 Å². The number of amides is 1. The summed E-state index contributed by atoms with van der Waals surface area (Å²) in [5.41, 5.74) is -0.166. The van der Waals surface area contributed by atoms with Crippen LogP contribution in [-0.4, -0.2) is 22.0 Å². The Morgan fingerprint density at radius 3 is 2.65 bits per heavy atom. The number of H-pyrrole nitrogens is 1. The molecule has 0 saturated heterocycles. The zero-order valence-electron chi connectivity index (χ0n) is 10.0. The van der Waals surface area contributed by atoms with Gasteiger partial charge >= 0.3 is 5.97 Å². The molecule has 20 heavy (non-hydrogen) atoms. The number of hydrogen-bond acceptors (Lipinski definition) is 3. The van der Waals surface area contributed by atoms with Crippen molar-refractivity contribution in [2.24, 2.45) is 0 Å². The first kappa shape index (κ1) is 14.0. The van der Waals surface area contributed by atoms with Gasteiger partial charge in [-0.05, 0) is 18.2 Å². The van der Waals surface area contributed by atoms with Crippen molar-refractivity contribution in [1.29, 1.82) is 0 Å². The summed E-state index contributed by atoms with van der Waals surface area (Å²) in [6.45, 7) is 0. The zero-order chi connectivity index (χ0) is 14.7. The van der Waals surface area contributed by atoms with Crippen molar-refractivity contribution >= 4 is 33.5 Å². The Morgan fingerprint density at radius 2 is 2.00 bits per heavy atom. The average molecular weight is 337 g/mol. The minimum absolute atomic E-state index is 0.0247. The topological polar surface area (TPSA) is 99.3 Å². The maximum absolute atomic E-state index is 11.9. The summed E-state index contributed by atoms with van der Waals surface area (Å²) in [5.74, 6) is -1.72. The standard InChI is InChI=1S/C13H9BrN2O4/c14-8-3-7(13(19)20)4-9(5-8)16-12(18)10-6-15-2-1-11(10)17/h1-6H,(H,15,17)(H,16,18)(H,19,20). The molecular weight excluding hydrogens is 328 g/mol. The number of halogens is 1. The van der Waals surface area contributed by atoms with Crippen LogP contribution < -0.4 is 10.7 Å². The Balaban J connectivity index is 2.31. The van der Waals surface area contributed by atoms with Crippen LogP contribution in [0.15, 0.2) is 45.9 Å². The molecule has 0 spiro atoms. The molecule has 0 atom stereocenters. The highest BCUT2D eigenvalue weighted by molar-refractivity contribution is 9.10. The van der Waals surface area contributed by atoms with Gasteiger partial charge in [0.15, 0.2) is 5.43 Å². The highest BCUT2D eigenvalue weighted by Crippen LogP contribution is 2.20. The van der Waals surface area contributed by atoms with E-state index in [-0.39, 0.29) is 16.8 Å². The molecule has 0 fully saturated rings. The number of aromatic amines is 1. The summed E-state index contributed by atoms with van der Waals surface area (Å²) in [6, 6.07) is 5.50. The number of aromatic nitrogens is 1. The van der Waals surface area contributed by atoms with Gasteiger partial charge in [-0.15, -0.1) is 0 Å². The number of benzene rings is 1. The Bertz CT molecular complexity index is 739. The van der Waals surface area contributed by atoms with E-state index in [1.807, 2.05) is 0 Å². The minimum atomic E-state index is -1.11. The van der Waals surface area contributed by atoms with Gasteiger partial charge in [-0.25, -0.2) is 4.79 Å². The molecule has 0 bridgehead atoms. The van der Waals surface area contributed by atoms with Gasteiger partial charge in [-0.2, -0.15) is 0 Å². The molecule has 0 saturated carbocycles. The molecule has 6 nitrogen and oxygen atoms in total. The first-order valence-corrected chi connectivity index (χ1v) is 6.29. The Hall–Kier alpha value is -2.41. The SMILES string of the molecule is O=C(O)c1cc(Br)cc(NC(=O)c2c[nH]ccc2=O)c1. The molecule has 1 aromatic heterocycles. The number of hydrogen-bond donors (Lipinski definition) is 3. The van der Waals surface area contributed by atoms with Crippen molar-refractivity contribution in [3.8, 4) is 0 Å². The lowest BCUT2D eigenvalue weighted by Gasteiger charge is -2.06. The third kappa shape index (κ3) is 3.12. The van der Waals surface area contributed by atoms with Crippen LogP contribution in [0, 0.1) is 0 Å². The van der Waals surface area contributed by atoms with Gasteiger partial charge in [0.2, 0.25) is 0 Å². The number of anilines is 1. The van der Waals surface area contributed by atoms with Crippen molar-refractivity contribution in [1.82, 2.24) is 4.98 Å². The normalized spacial score (nSPS) is 10.1. The van der Waals surface area contributed by atoms with Crippen LogP contribution in [0.25, 0.3) is 0 Å². The van der Waals surface area contributed by atoms with Gasteiger partial charge in [0, 0.05) is 28.6 Å². The summed E-state index contributed by atoms with van der Waals surface area (Å²) in [7, 11) is 0. The molecule has 0 aliphatic heterocycles. The number of carboxylic acid groups (broad SMARTS) is 1. The molecule has 3 N–H and O–H groups in total. The van der Waals surface area contributed by atoms with E-state index in [1.165, 1.54) is 30.6 Å². The van der Waals surface area contributed by atoms with Crippen molar-refractivity contribution in [3.63, 3.8) is 0 Å². The summed E-state index contributed by atoms with van der Waals surface area (Å²) in [5, 5.41) is 11.4. The fourth-order valence-electron chi connectivity index (χ4n) is 1.58. The monoisotopic (exact) mass is 336 g/mol. The molecule has 0 radical (unpaired) electrons. The largest absolute Gasteiger partial charge is 0.478 e. The average Bonchev–Trinajstić information content (AvgIpc) is 2.38. The number of aromatic carboxylic acids is 1. The molecule has 0 aliphatic rings. The van der Waals surface area contributed by atoms with Crippen LogP contribution in [0.4, 0.5) is 5.69 Å². The molecule has 1 heterocycles. The van der Waals surface area contributed by atoms with Gasteiger partial charge in [0.1, 0.15) is 5.56 Å². The molecular formula is C13H9BrN2O4. The van der Waals surface area contributed by atoms with Crippen LogP contribution in [0.1, 0.15) is 20.7 Å². The van der Waals surface area contributed by atoms with Crippen LogP contribution in [0.5, 0.6) is 0 Å². The maximum atomic E-state index is 11.9. The van der Waals surface area contributed by atoms with E-state index < -0.39 is 17.3 Å². The van der Waals surface area contributed by atoms with Gasteiger partial charge in [0.25, 0.3) is 5.91 Å².